The number of rotatable bonds is 5. The van der Waals surface area contributed by atoms with Crippen molar-refractivity contribution >= 4 is 0 Å². The van der Waals surface area contributed by atoms with Gasteiger partial charge in [-0.2, -0.15) is 0 Å². The number of nitrogens with zero attached hydrogens (tertiary/aromatic N) is 1. The average Bonchev–Trinajstić information content (AvgIpc) is 2.46. The molecule has 0 heterocycles. The first-order valence-corrected chi connectivity index (χ1v) is 7.51. The predicted octanol–water partition coefficient (Wildman–Crippen LogP) is 3.05. The van der Waals surface area contributed by atoms with Crippen molar-refractivity contribution < 1.29 is 5.11 Å². The molecule has 0 amide bonds. The van der Waals surface area contributed by atoms with E-state index in [2.05, 4.69) is 11.8 Å². The number of hydrogen-bond acceptors (Lipinski definition) is 3. The molecule has 1 aliphatic carbocycles. The Bertz CT molecular complexity index is 388. The Morgan fingerprint density at radius 2 is 1.95 bits per heavy atom. The van der Waals surface area contributed by atoms with Crippen LogP contribution in [0.4, 0.5) is 0 Å². The summed E-state index contributed by atoms with van der Waals surface area (Å²) in [7, 11) is 0. The van der Waals surface area contributed by atoms with Crippen molar-refractivity contribution in [1.82, 2.24) is 4.90 Å². The van der Waals surface area contributed by atoms with Crippen LogP contribution in [0.25, 0.3) is 0 Å². The molecular weight excluding hydrogens is 236 g/mol. The van der Waals surface area contributed by atoms with E-state index in [1.165, 1.54) is 32.1 Å². The lowest BCUT2D eigenvalue weighted by Crippen LogP contribution is -2.42. The van der Waals surface area contributed by atoms with Gasteiger partial charge in [0.05, 0.1) is 6.04 Å². The van der Waals surface area contributed by atoms with Crippen LogP contribution < -0.4 is 5.73 Å². The number of para-hydroxylation sites is 1. The summed E-state index contributed by atoms with van der Waals surface area (Å²) in [5.74, 6) is 0.368. The summed E-state index contributed by atoms with van der Waals surface area (Å²) in [6.07, 6.45) is 6.52. The van der Waals surface area contributed by atoms with Gasteiger partial charge in [-0.25, -0.2) is 0 Å². The van der Waals surface area contributed by atoms with Gasteiger partial charge in [-0.1, -0.05) is 44.4 Å². The molecule has 19 heavy (non-hydrogen) atoms. The summed E-state index contributed by atoms with van der Waals surface area (Å²) in [6, 6.07) is 8.35. The van der Waals surface area contributed by atoms with Crippen molar-refractivity contribution in [3.05, 3.63) is 29.8 Å². The van der Waals surface area contributed by atoms with Gasteiger partial charge < -0.3 is 10.8 Å². The van der Waals surface area contributed by atoms with Crippen molar-refractivity contribution in [3.8, 4) is 5.75 Å². The first-order valence-electron chi connectivity index (χ1n) is 7.51. The minimum Gasteiger partial charge on any atom is -0.508 e. The van der Waals surface area contributed by atoms with Crippen LogP contribution in [-0.4, -0.2) is 29.1 Å². The van der Waals surface area contributed by atoms with Gasteiger partial charge in [0, 0.05) is 18.2 Å². The Morgan fingerprint density at radius 3 is 2.53 bits per heavy atom. The van der Waals surface area contributed by atoms with Gasteiger partial charge in [0.2, 0.25) is 0 Å². The number of likely N-dealkylation sites (N-methyl/N-ethyl adjacent to an activating group) is 1. The molecule has 0 aromatic heterocycles. The summed E-state index contributed by atoms with van der Waals surface area (Å²) in [4.78, 5) is 2.48. The second-order valence-corrected chi connectivity index (χ2v) is 5.43. The van der Waals surface area contributed by atoms with E-state index in [0.29, 0.717) is 18.3 Å². The van der Waals surface area contributed by atoms with Gasteiger partial charge in [-0.3, -0.25) is 4.90 Å². The third kappa shape index (κ3) is 3.28. The zero-order valence-corrected chi connectivity index (χ0v) is 11.9. The van der Waals surface area contributed by atoms with Gasteiger partial charge in [0.15, 0.2) is 0 Å². The molecule has 0 spiro atoms. The molecule has 1 aliphatic rings. The molecule has 2 rings (SSSR count). The van der Waals surface area contributed by atoms with Crippen LogP contribution in [-0.2, 0) is 0 Å². The maximum Gasteiger partial charge on any atom is 0.120 e. The molecule has 0 aliphatic heterocycles. The lowest BCUT2D eigenvalue weighted by Gasteiger charge is -2.39. The lowest BCUT2D eigenvalue weighted by atomic mass is 9.91. The third-order valence-electron chi connectivity index (χ3n) is 4.33. The molecule has 0 bridgehead atoms. The highest BCUT2D eigenvalue weighted by molar-refractivity contribution is 5.35. The number of nitrogens with two attached hydrogens (primary N) is 1. The molecule has 3 nitrogen and oxygen atoms in total. The summed E-state index contributed by atoms with van der Waals surface area (Å²) in [6.45, 7) is 3.74. The molecule has 1 fully saturated rings. The molecule has 0 saturated heterocycles. The Kier molecular flexibility index (Phi) is 5.23. The Morgan fingerprint density at radius 1 is 1.26 bits per heavy atom. The normalized spacial score (nSPS) is 18.7. The van der Waals surface area contributed by atoms with Crippen LogP contribution in [0.2, 0.25) is 0 Å². The second kappa shape index (κ2) is 6.92. The van der Waals surface area contributed by atoms with E-state index in [9.17, 15) is 5.11 Å². The topological polar surface area (TPSA) is 49.5 Å². The number of aromatic hydroxyl groups is 1. The van der Waals surface area contributed by atoms with Crippen molar-refractivity contribution in [2.24, 2.45) is 5.73 Å². The lowest BCUT2D eigenvalue weighted by molar-refractivity contribution is 0.112. The minimum absolute atomic E-state index is 0.134. The van der Waals surface area contributed by atoms with Crippen LogP contribution in [0.3, 0.4) is 0 Å². The average molecular weight is 262 g/mol. The number of phenols is 1. The minimum atomic E-state index is 0.134. The van der Waals surface area contributed by atoms with Crippen LogP contribution in [0.1, 0.15) is 50.6 Å². The van der Waals surface area contributed by atoms with Gasteiger partial charge in [-0.05, 0) is 25.5 Å². The van der Waals surface area contributed by atoms with Crippen LogP contribution >= 0.6 is 0 Å². The fourth-order valence-corrected chi connectivity index (χ4v) is 3.36. The van der Waals surface area contributed by atoms with E-state index < -0.39 is 0 Å². The standard InChI is InChI=1S/C16H26N2O/c1-2-18(13-8-4-3-5-9-13)15(12-17)14-10-6-7-11-16(14)19/h6-7,10-11,13,15,19H,2-5,8-9,12,17H2,1H3. The number of hydrogen-bond donors (Lipinski definition) is 2. The molecule has 0 radical (unpaired) electrons. The Balaban J connectivity index is 2.20. The fraction of sp³-hybridized carbons (Fsp3) is 0.625. The van der Waals surface area contributed by atoms with Crippen molar-refractivity contribution in [3.63, 3.8) is 0 Å². The molecule has 1 unspecified atom stereocenters. The first kappa shape index (κ1) is 14.4. The zero-order valence-electron chi connectivity index (χ0n) is 11.9. The predicted molar refractivity (Wildman–Crippen MR) is 79.2 cm³/mol. The number of phenolic OH excluding ortho intramolecular Hbond substituents is 1. The van der Waals surface area contributed by atoms with E-state index in [1.807, 2.05) is 18.2 Å². The van der Waals surface area contributed by atoms with Crippen molar-refractivity contribution in [2.45, 2.75) is 51.1 Å². The summed E-state index contributed by atoms with van der Waals surface area (Å²) in [5, 5.41) is 10.1. The molecule has 1 aromatic rings. The third-order valence-corrected chi connectivity index (χ3v) is 4.33. The maximum absolute atomic E-state index is 10.1. The molecule has 106 valence electrons. The highest BCUT2D eigenvalue weighted by atomic mass is 16.3. The van der Waals surface area contributed by atoms with E-state index >= 15 is 0 Å². The van der Waals surface area contributed by atoms with Gasteiger partial charge in [0.25, 0.3) is 0 Å². The monoisotopic (exact) mass is 262 g/mol. The molecule has 3 N–H and O–H groups in total. The van der Waals surface area contributed by atoms with Gasteiger partial charge >= 0.3 is 0 Å². The molecule has 1 aromatic carbocycles. The molecule has 1 saturated carbocycles. The van der Waals surface area contributed by atoms with Crippen molar-refractivity contribution in [2.75, 3.05) is 13.1 Å². The second-order valence-electron chi connectivity index (χ2n) is 5.43. The quantitative estimate of drug-likeness (QED) is 0.857. The van der Waals surface area contributed by atoms with E-state index in [1.54, 1.807) is 6.07 Å². The van der Waals surface area contributed by atoms with E-state index in [0.717, 1.165) is 12.1 Å². The zero-order chi connectivity index (χ0) is 13.7. The highest BCUT2D eigenvalue weighted by Gasteiger charge is 2.27. The fourth-order valence-electron chi connectivity index (χ4n) is 3.36. The van der Waals surface area contributed by atoms with Crippen LogP contribution in [0, 0.1) is 0 Å². The largest absolute Gasteiger partial charge is 0.508 e. The highest BCUT2D eigenvalue weighted by Crippen LogP contribution is 2.33. The van der Waals surface area contributed by atoms with Gasteiger partial charge in [-0.15, -0.1) is 0 Å². The number of benzene rings is 1. The molecule has 1 atom stereocenters. The van der Waals surface area contributed by atoms with E-state index in [-0.39, 0.29) is 6.04 Å². The SMILES string of the molecule is CCN(C1CCCCC1)C(CN)c1ccccc1O. The maximum atomic E-state index is 10.1. The Labute approximate surface area is 116 Å². The summed E-state index contributed by atoms with van der Waals surface area (Å²) >= 11 is 0. The summed E-state index contributed by atoms with van der Waals surface area (Å²) < 4.78 is 0. The van der Waals surface area contributed by atoms with Gasteiger partial charge in [0.1, 0.15) is 5.75 Å². The molecule has 3 heteroatoms. The first-order chi connectivity index (χ1) is 9.27. The summed E-state index contributed by atoms with van der Waals surface area (Å²) in [5.41, 5.74) is 6.97. The smallest absolute Gasteiger partial charge is 0.120 e. The van der Waals surface area contributed by atoms with E-state index in [4.69, 9.17) is 5.73 Å². The van der Waals surface area contributed by atoms with Crippen LogP contribution in [0.5, 0.6) is 5.75 Å². The van der Waals surface area contributed by atoms with Crippen LogP contribution in [0.15, 0.2) is 24.3 Å². The molecular formula is C16H26N2O. The Hall–Kier alpha value is -1.06. The van der Waals surface area contributed by atoms with Crippen molar-refractivity contribution in [1.29, 1.82) is 0 Å².